The molecule has 2 unspecified atom stereocenters. The van der Waals surface area contributed by atoms with Gasteiger partial charge in [-0.25, -0.2) is 8.42 Å². The van der Waals surface area contributed by atoms with Crippen LogP contribution in [0.5, 0.6) is 11.6 Å². The molecular formula is C20H23ClN4O6S. The van der Waals surface area contributed by atoms with E-state index in [0.29, 0.717) is 6.42 Å². The fourth-order valence-corrected chi connectivity index (χ4v) is 3.78. The third kappa shape index (κ3) is 5.27. The lowest BCUT2D eigenvalue weighted by molar-refractivity contribution is -0.0399. The zero-order valence-electron chi connectivity index (χ0n) is 18.2. The topological polar surface area (TPSA) is 143 Å². The molecule has 0 aliphatic rings. The highest BCUT2D eigenvalue weighted by molar-refractivity contribution is 8.13. The molecule has 0 amide bonds. The number of hydrogen-bond acceptors (Lipinski definition) is 9. The highest BCUT2D eigenvalue weighted by Gasteiger charge is 2.22. The Morgan fingerprint density at radius 2 is 1.97 bits per heavy atom. The molecule has 1 aromatic carbocycles. The Bertz CT molecular complexity index is 1250. The van der Waals surface area contributed by atoms with Crippen molar-refractivity contribution in [1.82, 2.24) is 4.57 Å². The largest absolute Gasteiger partial charge is 0.493 e. The van der Waals surface area contributed by atoms with Crippen molar-refractivity contribution in [2.75, 3.05) is 7.11 Å². The number of nitrogens with zero attached hydrogens (tertiary/aromatic N) is 4. The van der Waals surface area contributed by atoms with Crippen LogP contribution in [0.15, 0.2) is 38.1 Å². The van der Waals surface area contributed by atoms with Crippen LogP contribution < -0.4 is 10.3 Å². The van der Waals surface area contributed by atoms with Gasteiger partial charge in [-0.1, -0.05) is 6.92 Å². The Hall–Kier alpha value is -2.94. The van der Waals surface area contributed by atoms with Crippen LogP contribution >= 0.6 is 10.7 Å². The molecule has 0 spiro atoms. The number of halogens is 1. The maximum absolute atomic E-state index is 12.9. The first-order chi connectivity index (χ1) is 15.0. The van der Waals surface area contributed by atoms with E-state index in [4.69, 9.17) is 20.2 Å². The minimum Gasteiger partial charge on any atom is -0.493 e. The summed E-state index contributed by atoms with van der Waals surface area (Å²) in [6.07, 6.45) is -0.210. The number of methoxy groups -OCH3 is 1. The second-order valence-corrected chi connectivity index (χ2v) is 9.44. The molecule has 2 rings (SSSR count). The van der Waals surface area contributed by atoms with Gasteiger partial charge < -0.3 is 14.6 Å². The van der Waals surface area contributed by atoms with E-state index < -0.39 is 32.8 Å². The van der Waals surface area contributed by atoms with E-state index in [1.54, 1.807) is 13.8 Å². The molecule has 2 atom stereocenters. The van der Waals surface area contributed by atoms with Gasteiger partial charge in [-0.05, 0) is 45.4 Å². The van der Waals surface area contributed by atoms with Crippen molar-refractivity contribution in [1.29, 1.82) is 5.26 Å². The Kier molecular flexibility index (Phi) is 8.01. The summed E-state index contributed by atoms with van der Waals surface area (Å²) in [5.74, 6) is -0.479. The van der Waals surface area contributed by atoms with E-state index in [1.807, 2.05) is 13.0 Å². The number of benzene rings is 1. The van der Waals surface area contributed by atoms with E-state index in [0.717, 1.165) is 10.6 Å². The fourth-order valence-electron chi connectivity index (χ4n) is 2.80. The van der Waals surface area contributed by atoms with Crippen LogP contribution in [0.2, 0.25) is 0 Å². The zero-order chi connectivity index (χ0) is 24.2. The van der Waals surface area contributed by atoms with Gasteiger partial charge in [0.2, 0.25) is 5.88 Å². The Labute approximate surface area is 190 Å². The average molecular weight is 483 g/mol. The van der Waals surface area contributed by atoms with E-state index in [1.165, 1.54) is 26.2 Å². The molecule has 32 heavy (non-hydrogen) atoms. The average Bonchev–Trinajstić information content (AvgIpc) is 2.73. The summed E-state index contributed by atoms with van der Waals surface area (Å²) >= 11 is 0. The van der Waals surface area contributed by atoms with E-state index >= 15 is 0 Å². The molecule has 10 nitrogen and oxygen atoms in total. The first kappa shape index (κ1) is 25.3. The standard InChI is InChI=1S/C20H23ClN4O6S/c1-6-11(2)25-19(26)15(10-22)12(3)18(20(25)27)24-23-14-7-8-16(31-13(4)30-5)17(9-14)32(21,28)29/h7-9,11,13,26H,6H2,1-5H3. The van der Waals surface area contributed by atoms with Gasteiger partial charge in [-0.2, -0.15) is 10.4 Å². The number of aromatic nitrogens is 1. The summed E-state index contributed by atoms with van der Waals surface area (Å²) in [5, 5.41) is 27.7. The van der Waals surface area contributed by atoms with Crippen LogP contribution in [-0.4, -0.2) is 31.5 Å². The van der Waals surface area contributed by atoms with Crippen molar-refractivity contribution >= 4 is 31.1 Å². The molecule has 0 saturated carbocycles. The van der Waals surface area contributed by atoms with Gasteiger partial charge in [-0.3, -0.25) is 9.36 Å². The van der Waals surface area contributed by atoms with Gasteiger partial charge in [0.05, 0.1) is 5.69 Å². The molecule has 172 valence electrons. The van der Waals surface area contributed by atoms with E-state index in [9.17, 15) is 23.6 Å². The first-order valence-electron chi connectivity index (χ1n) is 9.54. The van der Waals surface area contributed by atoms with Crippen LogP contribution in [0.4, 0.5) is 11.4 Å². The second kappa shape index (κ2) is 10.1. The molecule has 1 heterocycles. The Morgan fingerprint density at radius 3 is 2.50 bits per heavy atom. The molecule has 1 aromatic heterocycles. The number of aromatic hydroxyl groups is 1. The van der Waals surface area contributed by atoms with Crippen molar-refractivity contribution < 1.29 is 23.0 Å². The van der Waals surface area contributed by atoms with Crippen LogP contribution in [0, 0.1) is 18.3 Å². The van der Waals surface area contributed by atoms with Crippen molar-refractivity contribution in [2.45, 2.75) is 51.3 Å². The van der Waals surface area contributed by atoms with Crippen LogP contribution in [0.1, 0.15) is 44.4 Å². The first-order valence-corrected chi connectivity index (χ1v) is 11.8. The predicted octanol–water partition coefficient (Wildman–Crippen LogP) is 4.42. The smallest absolute Gasteiger partial charge is 0.281 e. The highest BCUT2D eigenvalue weighted by atomic mass is 35.7. The number of ether oxygens (including phenoxy) is 2. The summed E-state index contributed by atoms with van der Waals surface area (Å²) in [7, 11) is 2.71. The molecular weight excluding hydrogens is 460 g/mol. The number of nitriles is 1. The maximum Gasteiger partial charge on any atom is 0.281 e. The molecule has 1 N–H and O–H groups in total. The van der Waals surface area contributed by atoms with Gasteiger partial charge >= 0.3 is 0 Å². The van der Waals surface area contributed by atoms with Gasteiger partial charge in [0, 0.05) is 29.4 Å². The lowest BCUT2D eigenvalue weighted by atomic mass is 10.1. The quantitative estimate of drug-likeness (QED) is 0.333. The monoisotopic (exact) mass is 482 g/mol. The van der Waals surface area contributed by atoms with E-state index in [-0.39, 0.29) is 33.1 Å². The summed E-state index contributed by atoms with van der Waals surface area (Å²) < 4.78 is 35.4. The van der Waals surface area contributed by atoms with Crippen molar-refractivity contribution in [2.24, 2.45) is 10.2 Å². The summed E-state index contributed by atoms with van der Waals surface area (Å²) in [4.78, 5) is 12.6. The van der Waals surface area contributed by atoms with Crippen molar-refractivity contribution in [3.05, 3.63) is 39.7 Å². The zero-order valence-corrected chi connectivity index (χ0v) is 19.7. The third-order valence-electron chi connectivity index (χ3n) is 4.83. The summed E-state index contributed by atoms with van der Waals surface area (Å²) in [5.41, 5.74) is -0.654. The lowest BCUT2D eigenvalue weighted by Gasteiger charge is -2.17. The van der Waals surface area contributed by atoms with Gasteiger partial charge in [0.1, 0.15) is 22.3 Å². The van der Waals surface area contributed by atoms with Gasteiger partial charge in [0.15, 0.2) is 12.0 Å². The molecule has 0 saturated heterocycles. The minimum absolute atomic E-state index is 0.0417. The van der Waals surface area contributed by atoms with Crippen molar-refractivity contribution in [3.8, 4) is 17.7 Å². The molecule has 12 heteroatoms. The summed E-state index contributed by atoms with van der Waals surface area (Å²) in [6, 6.07) is 5.37. The number of azo groups is 1. The third-order valence-corrected chi connectivity index (χ3v) is 6.17. The highest BCUT2D eigenvalue weighted by Crippen LogP contribution is 2.33. The second-order valence-electron chi connectivity index (χ2n) is 6.91. The Balaban J connectivity index is 2.63. The summed E-state index contributed by atoms with van der Waals surface area (Å²) in [6.45, 7) is 6.58. The number of hydrogen-bond donors (Lipinski definition) is 1. The lowest BCUT2D eigenvalue weighted by Crippen LogP contribution is -2.24. The number of pyridine rings is 1. The van der Waals surface area contributed by atoms with Crippen LogP contribution in [0.3, 0.4) is 0 Å². The molecule has 0 radical (unpaired) electrons. The number of rotatable bonds is 8. The van der Waals surface area contributed by atoms with Crippen molar-refractivity contribution in [3.63, 3.8) is 0 Å². The fraction of sp³-hybridized carbons (Fsp3) is 0.400. The van der Waals surface area contributed by atoms with Crippen LogP contribution in [0.25, 0.3) is 0 Å². The van der Waals surface area contributed by atoms with Gasteiger partial charge in [0.25, 0.3) is 14.6 Å². The molecule has 0 bridgehead atoms. The molecule has 0 fully saturated rings. The minimum atomic E-state index is -4.20. The molecule has 2 aromatic rings. The normalized spacial score (nSPS) is 13.7. The SMILES string of the molecule is CCC(C)n1c(O)c(C#N)c(C)c(N=Nc2ccc(OC(C)OC)c(S(=O)(=O)Cl)c2)c1=O. The molecule has 0 aliphatic heterocycles. The van der Waals surface area contributed by atoms with Gasteiger partial charge in [-0.15, -0.1) is 5.11 Å². The Morgan fingerprint density at radius 1 is 1.31 bits per heavy atom. The molecule has 0 aliphatic carbocycles. The van der Waals surface area contributed by atoms with E-state index in [2.05, 4.69) is 10.2 Å². The van der Waals surface area contributed by atoms with Crippen LogP contribution in [-0.2, 0) is 13.8 Å². The maximum atomic E-state index is 12.9. The predicted molar refractivity (Wildman–Crippen MR) is 118 cm³/mol.